The molecule has 7 aromatic carbocycles. The summed E-state index contributed by atoms with van der Waals surface area (Å²) in [5.74, 6) is 0.639. The van der Waals surface area contributed by atoms with Gasteiger partial charge < -0.3 is 9.32 Å². The molecule has 0 aliphatic rings. The zero-order valence-electron chi connectivity index (χ0n) is 22.8. The number of oxazole rings is 1. The van der Waals surface area contributed by atoms with E-state index in [1.54, 1.807) is 0 Å². The summed E-state index contributed by atoms with van der Waals surface area (Å²) in [4.78, 5) is 7.05. The van der Waals surface area contributed by atoms with Crippen molar-refractivity contribution in [2.75, 3.05) is 4.90 Å². The van der Waals surface area contributed by atoms with Gasteiger partial charge in [-0.1, -0.05) is 91.0 Å². The van der Waals surface area contributed by atoms with Crippen molar-refractivity contribution in [3.63, 3.8) is 0 Å². The number of hydrogen-bond acceptors (Lipinski definition) is 3. The first-order valence-electron chi connectivity index (χ1n) is 14.1. The van der Waals surface area contributed by atoms with Crippen LogP contribution in [0.3, 0.4) is 0 Å². The maximum atomic E-state index is 6.29. The molecule has 0 unspecified atom stereocenters. The third kappa shape index (κ3) is 4.29. The van der Waals surface area contributed by atoms with Crippen LogP contribution in [0.25, 0.3) is 55.2 Å². The third-order valence-corrected chi connectivity index (χ3v) is 7.86. The van der Waals surface area contributed by atoms with E-state index in [-0.39, 0.29) is 0 Å². The van der Waals surface area contributed by atoms with Gasteiger partial charge >= 0.3 is 0 Å². The Morgan fingerprint density at radius 1 is 0.429 bits per heavy atom. The summed E-state index contributed by atoms with van der Waals surface area (Å²) in [5.41, 5.74) is 8.32. The molecule has 198 valence electrons. The van der Waals surface area contributed by atoms with Gasteiger partial charge in [-0.15, -0.1) is 0 Å². The minimum atomic E-state index is 0.639. The zero-order chi connectivity index (χ0) is 27.9. The molecule has 0 radical (unpaired) electrons. The van der Waals surface area contributed by atoms with Gasteiger partial charge in [0.25, 0.3) is 0 Å². The number of hydrogen-bond donors (Lipinski definition) is 0. The topological polar surface area (TPSA) is 29.3 Å². The molecule has 8 rings (SSSR count). The first-order valence-corrected chi connectivity index (χ1v) is 14.1. The minimum absolute atomic E-state index is 0.639. The highest BCUT2D eigenvalue weighted by Crippen LogP contribution is 2.39. The van der Waals surface area contributed by atoms with E-state index in [9.17, 15) is 0 Å². The first-order chi connectivity index (χ1) is 20.8. The number of para-hydroxylation sites is 1. The van der Waals surface area contributed by atoms with Crippen molar-refractivity contribution in [3.8, 4) is 22.6 Å². The van der Waals surface area contributed by atoms with Crippen LogP contribution in [0.5, 0.6) is 0 Å². The lowest BCUT2D eigenvalue weighted by atomic mass is 10.0. The number of fused-ring (bicyclic) bond motifs is 4. The Balaban J connectivity index is 1.20. The molecule has 0 spiro atoms. The average Bonchev–Trinajstić information content (AvgIpc) is 3.51. The molecule has 3 heteroatoms. The molecule has 3 nitrogen and oxygen atoms in total. The fourth-order valence-electron chi connectivity index (χ4n) is 5.74. The van der Waals surface area contributed by atoms with Crippen molar-refractivity contribution in [1.29, 1.82) is 0 Å². The fourth-order valence-corrected chi connectivity index (χ4v) is 5.74. The predicted octanol–water partition coefficient (Wildman–Crippen LogP) is 10.9. The number of benzene rings is 7. The van der Waals surface area contributed by atoms with Crippen molar-refractivity contribution >= 4 is 49.7 Å². The van der Waals surface area contributed by atoms with Crippen molar-refractivity contribution in [2.24, 2.45) is 0 Å². The van der Waals surface area contributed by atoms with Crippen LogP contribution in [0, 0.1) is 0 Å². The molecule has 0 N–H and O–H groups in total. The predicted molar refractivity (Wildman–Crippen MR) is 175 cm³/mol. The van der Waals surface area contributed by atoms with E-state index in [1.165, 1.54) is 21.9 Å². The summed E-state index contributed by atoms with van der Waals surface area (Å²) in [5, 5.41) is 4.65. The molecule has 1 heterocycles. The van der Waals surface area contributed by atoms with Crippen LogP contribution in [0.2, 0.25) is 0 Å². The van der Waals surface area contributed by atoms with Gasteiger partial charge in [0.2, 0.25) is 5.89 Å². The molecule has 0 amide bonds. The molecule has 0 aliphatic carbocycles. The van der Waals surface area contributed by atoms with E-state index in [0.717, 1.165) is 44.5 Å². The van der Waals surface area contributed by atoms with Crippen LogP contribution in [0.4, 0.5) is 17.1 Å². The maximum Gasteiger partial charge on any atom is 0.227 e. The van der Waals surface area contributed by atoms with Crippen molar-refractivity contribution in [3.05, 3.63) is 158 Å². The Morgan fingerprint density at radius 3 is 1.88 bits per heavy atom. The molecule has 0 saturated carbocycles. The summed E-state index contributed by atoms with van der Waals surface area (Å²) in [6, 6.07) is 55.2. The normalized spacial score (nSPS) is 11.3. The molecule has 0 atom stereocenters. The van der Waals surface area contributed by atoms with Gasteiger partial charge in [0.05, 0.1) is 0 Å². The lowest BCUT2D eigenvalue weighted by molar-refractivity contribution is 0.623. The lowest BCUT2D eigenvalue weighted by Crippen LogP contribution is -2.09. The van der Waals surface area contributed by atoms with Gasteiger partial charge in [-0.05, 0) is 94.0 Å². The Morgan fingerprint density at radius 2 is 1.07 bits per heavy atom. The van der Waals surface area contributed by atoms with E-state index in [2.05, 4.69) is 126 Å². The Hall–Kier alpha value is -5.67. The molecule has 0 bridgehead atoms. The Labute approximate surface area is 243 Å². The van der Waals surface area contributed by atoms with E-state index in [4.69, 9.17) is 9.40 Å². The molecule has 0 aliphatic heterocycles. The van der Waals surface area contributed by atoms with Crippen LogP contribution in [0.1, 0.15) is 0 Å². The second-order valence-electron chi connectivity index (χ2n) is 10.5. The minimum Gasteiger partial charge on any atom is -0.435 e. The zero-order valence-corrected chi connectivity index (χ0v) is 22.8. The number of rotatable bonds is 5. The Bertz CT molecular complexity index is 2180. The van der Waals surface area contributed by atoms with Gasteiger partial charge in [-0.2, -0.15) is 0 Å². The highest BCUT2D eigenvalue weighted by molar-refractivity contribution is 6.05. The van der Waals surface area contributed by atoms with Crippen LogP contribution >= 0.6 is 0 Å². The summed E-state index contributed by atoms with van der Waals surface area (Å²) in [7, 11) is 0. The summed E-state index contributed by atoms with van der Waals surface area (Å²) >= 11 is 0. The van der Waals surface area contributed by atoms with Gasteiger partial charge in [0.15, 0.2) is 5.58 Å². The molecular formula is C39H26N2O. The molecule has 0 saturated heterocycles. The highest BCUT2D eigenvalue weighted by Gasteiger charge is 2.16. The van der Waals surface area contributed by atoms with Gasteiger partial charge in [0, 0.05) is 28.0 Å². The molecule has 0 fully saturated rings. The number of nitrogens with zero attached hydrogens (tertiary/aromatic N) is 2. The van der Waals surface area contributed by atoms with E-state index >= 15 is 0 Å². The van der Waals surface area contributed by atoms with Crippen molar-refractivity contribution in [1.82, 2.24) is 4.98 Å². The van der Waals surface area contributed by atoms with Crippen LogP contribution < -0.4 is 4.90 Å². The van der Waals surface area contributed by atoms with Crippen molar-refractivity contribution in [2.45, 2.75) is 0 Å². The van der Waals surface area contributed by atoms with Crippen LogP contribution in [0.15, 0.2) is 162 Å². The van der Waals surface area contributed by atoms with Gasteiger partial charge in [0.1, 0.15) is 5.52 Å². The standard InChI is InChI=1S/C39H26N2O/c1-3-10-29(11-4-1)39-40-37-24-19-32-26-35(22-23-36(32)38(37)42-39)41(33-13-5-2-6-14-33)34-20-17-28(18-21-34)31-16-15-27-9-7-8-12-30(27)25-31/h1-26H. The molecule has 8 aromatic rings. The van der Waals surface area contributed by atoms with Crippen molar-refractivity contribution < 1.29 is 4.42 Å². The largest absolute Gasteiger partial charge is 0.435 e. The summed E-state index contributed by atoms with van der Waals surface area (Å²) in [6.07, 6.45) is 0. The fraction of sp³-hybridized carbons (Fsp3) is 0. The molecule has 1 aromatic heterocycles. The van der Waals surface area contributed by atoms with E-state index < -0.39 is 0 Å². The van der Waals surface area contributed by atoms with E-state index in [1.807, 2.05) is 36.4 Å². The average molecular weight is 539 g/mol. The second-order valence-corrected chi connectivity index (χ2v) is 10.5. The van der Waals surface area contributed by atoms with E-state index in [0.29, 0.717) is 5.89 Å². The lowest BCUT2D eigenvalue weighted by Gasteiger charge is -2.26. The van der Waals surface area contributed by atoms with Gasteiger partial charge in [-0.3, -0.25) is 0 Å². The third-order valence-electron chi connectivity index (χ3n) is 7.86. The number of anilines is 3. The summed E-state index contributed by atoms with van der Waals surface area (Å²) < 4.78 is 6.29. The molecule has 42 heavy (non-hydrogen) atoms. The second kappa shape index (κ2) is 10.1. The SMILES string of the molecule is c1ccc(-c2nc3ccc4cc(N(c5ccccc5)c5ccc(-c6ccc7ccccc7c6)cc5)ccc4c3o2)cc1. The van der Waals surface area contributed by atoms with Crippen LogP contribution in [-0.4, -0.2) is 4.98 Å². The quantitative estimate of drug-likeness (QED) is 0.218. The maximum absolute atomic E-state index is 6.29. The number of aromatic nitrogens is 1. The smallest absolute Gasteiger partial charge is 0.227 e. The van der Waals surface area contributed by atoms with Crippen LogP contribution in [-0.2, 0) is 0 Å². The molecular weight excluding hydrogens is 512 g/mol. The Kier molecular flexibility index (Phi) is 5.79. The first kappa shape index (κ1) is 24.2. The van der Waals surface area contributed by atoms with Gasteiger partial charge in [-0.25, -0.2) is 4.98 Å². The summed E-state index contributed by atoms with van der Waals surface area (Å²) in [6.45, 7) is 0. The highest BCUT2D eigenvalue weighted by atomic mass is 16.3. The monoisotopic (exact) mass is 538 g/mol.